The van der Waals surface area contributed by atoms with Crippen LogP contribution in [0.5, 0.6) is 0 Å². The van der Waals surface area contributed by atoms with Crippen molar-refractivity contribution in [1.82, 2.24) is 0 Å². The minimum atomic E-state index is -2.26. The zero-order valence-electron chi connectivity index (χ0n) is 3.60. The third-order valence-corrected chi connectivity index (χ3v) is 0.707. The number of hydrogen-bond donors (Lipinski definition) is 0. The first-order chi connectivity index (χ1) is 3.81. The van der Waals surface area contributed by atoms with Crippen LogP contribution < -0.4 is 0 Å². The molecule has 0 unspecified atom stereocenters. The van der Waals surface area contributed by atoms with E-state index in [1.165, 1.54) is 0 Å². The van der Waals surface area contributed by atoms with Crippen LogP contribution in [0.1, 0.15) is 0 Å². The van der Waals surface area contributed by atoms with E-state index in [2.05, 4.69) is 8.37 Å². The molecule has 0 aromatic rings. The van der Waals surface area contributed by atoms with Crippen LogP contribution in [0.25, 0.3) is 0 Å². The van der Waals surface area contributed by atoms with Gasteiger partial charge in [0.1, 0.15) is 0 Å². The van der Waals surface area contributed by atoms with E-state index in [4.69, 9.17) is 0 Å². The van der Waals surface area contributed by atoms with Crippen molar-refractivity contribution >= 4 is 53.9 Å². The Morgan fingerprint density at radius 2 is 1.44 bits per heavy atom. The molecule has 0 amide bonds. The maximum absolute atomic E-state index is 9.85. The zero-order chi connectivity index (χ0) is 6.41. The second-order valence-corrected chi connectivity index (χ2v) is 1.38. The van der Waals surface area contributed by atoms with Gasteiger partial charge in [-0.25, -0.2) is 0 Å². The van der Waals surface area contributed by atoms with Crippen molar-refractivity contribution in [1.29, 1.82) is 0 Å². The molecule has 7 heteroatoms. The predicted molar refractivity (Wildman–Crippen MR) is 29.6 cm³/mol. The third kappa shape index (κ3) is 8.09. The molecule has 5 nitrogen and oxygen atoms in total. The summed E-state index contributed by atoms with van der Waals surface area (Å²) in [6.45, 7) is -0.167. The Labute approximate surface area is 75.9 Å². The fourth-order valence-corrected chi connectivity index (χ4v) is 0.260. The molecule has 0 rings (SSSR count). The van der Waals surface area contributed by atoms with Crippen LogP contribution in [-0.4, -0.2) is 46.7 Å². The Morgan fingerprint density at radius 1 is 1.11 bits per heavy atom. The summed E-state index contributed by atoms with van der Waals surface area (Å²) in [7, 11) is 0. The van der Waals surface area contributed by atoms with E-state index < -0.39 is 11.4 Å². The molecule has 0 radical (unpaired) electrons. The monoisotopic (exact) mass is 162 g/mol. The van der Waals surface area contributed by atoms with Gasteiger partial charge in [-0.15, -0.1) is 0 Å². The Morgan fingerprint density at radius 3 is 1.67 bits per heavy atom. The number of hydrogen-bond acceptors (Lipinski definition) is 5. The number of rotatable bonds is 4. The SMILES string of the molecule is O=COS(=O)OC=O.[NaH]. The summed E-state index contributed by atoms with van der Waals surface area (Å²) in [5, 5.41) is 0. The average molecular weight is 162 g/mol. The van der Waals surface area contributed by atoms with Crippen molar-refractivity contribution in [2.45, 2.75) is 0 Å². The summed E-state index contributed by atoms with van der Waals surface area (Å²) in [5.41, 5.74) is 0. The van der Waals surface area contributed by atoms with Gasteiger partial charge in [-0.05, 0) is 0 Å². The topological polar surface area (TPSA) is 69.7 Å². The molecule has 0 fully saturated rings. The Bertz CT molecular complexity index is 102. The van der Waals surface area contributed by atoms with Gasteiger partial charge in [0.25, 0.3) is 0 Å². The standard InChI is InChI=1S/C2H2O5S.Na.H/c3-1-6-8(5)7-2-4;;/h1-2H;;. The maximum atomic E-state index is 9.85. The second-order valence-electron chi connectivity index (χ2n) is 0.589. The van der Waals surface area contributed by atoms with Crippen LogP contribution in [-0.2, 0) is 29.3 Å². The van der Waals surface area contributed by atoms with Gasteiger partial charge < -0.3 is 8.37 Å². The van der Waals surface area contributed by atoms with Gasteiger partial charge in [0, 0.05) is 0 Å². The van der Waals surface area contributed by atoms with Gasteiger partial charge in [0.05, 0.1) is 0 Å². The van der Waals surface area contributed by atoms with E-state index in [1.807, 2.05) is 0 Å². The van der Waals surface area contributed by atoms with Gasteiger partial charge in [-0.3, -0.25) is 9.59 Å². The summed E-state index contributed by atoms with van der Waals surface area (Å²) in [5.74, 6) is 0. The molecule has 0 saturated carbocycles. The summed E-state index contributed by atoms with van der Waals surface area (Å²) >= 11 is -2.26. The molecule has 0 saturated heterocycles. The summed E-state index contributed by atoms with van der Waals surface area (Å²) < 4.78 is 17.1. The fraction of sp³-hybridized carbons (Fsp3) is 0. The first-order valence-electron chi connectivity index (χ1n) is 1.44. The zero-order valence-corrected chi connectivity index (χ0v) is 4.42. The summed E-state index contributed by atoms with van der Waals surface area (Å²) in [4.78, 5) is 18.6. The van der Waals surface area contributed by atoms with Gasteiger partial charge in [0.15, 0.2) is 0 Å². The molecule has 0 aliphatic heterocycles. The first-order valence-corrected chi connectivity index (χ1v) is 2.44. The normalized spacial score (nSPS) is 7.22. The van der Waals surface area contributed by atoms with Crippen LogP contribution >= 0.6 is 0 Å². The fourth-order valence-electron chi connectivity index (χ4n) is 0.0868. The van der Waals surface area contributed by atoms with Crippen LogP contribution in [0.2, 0.25) is 0 Å². The summed E-state index contributed by atoms with van der Waals surface area (Å²) in [6, 6.07) is 0. The molecule has 0 bridgehead atoms. The van der Waals surface area contributed by atoms with E-state index in [0.29, 0.717) is 0 Å². The molecule has 9 heavy (non-hydrogen) atoms. The Kier molecular flexibility index (Phi) is 10.6. The van der Waals surface area contributed by atoms with Gasteiger partial charge >= 0.3 is 53.9 Å². The Balaban J connectivity index is 0. The van der Waals surface area contributed by atoms with Crippen LogP contribution in [0.15, 0.2) is 0 Å². The van der Waals surface area contributed by atoms with Crippen molar-refractivity contribution < 1.29 is 22.2 Å². The van der Waals surface area contributed by atoms with Crippen molar-refractivity contribution in [3.05, 3.63) is 0 Å². The Hall–Kier alpha value is 0.0900. The first kappa shape index (κ1) is 11.8. The molecule has 0 aliphatic rings. The second kappa shape index (κ2) is 8.09. The predicted octanol–water partition coefficient (Wildman–Crippen LogP) is -1.74. The van der Waals surface area contributed by atoms with E-state index in [9.17, 15) is 13.8 Å². The number of carbonyl (C=O) groups excluding carboxylic acids is 2. The van der Waals surface area contributed by atoms with E-state index in [1.54, 1.807) is 0 Å². The summed E-state index contributed by atoms with van der Waals surface area (Å²) in [6.07, 6.45) is 0. The molecule has 0 aromatic carbocycles. The molecule has 0 atom stereocenters. The molecular weight excluding hydrogens is 159 g/mol. The molecule has 0 N–H and O–H groups in total. The van der Waals surface area contributed by atoms with E-state index >= 15 is 0 Å². The van der Waals surface area contributed by atoms with Crippen molar-refractivity contribution in [2.24, 2.45) is 0 Å². The van der Waals surface area contributed by atoms with Gasteiger partial charge in [-0.2, -0.15) is 4.21 Å². The molecular formula is C2H3NaO5S. The van der Waals surface area contributed by atoms with Crippen LogP contribution in [0, 0.1) is 0 Å². The third-order valence-electron chi connectivity index (χ3n) is 0.236. The molecule has 48 valence electrons. The van der Waals surface area contributed by atoms with E-state index in [0.717, 1.165) is 0 Å². The molecule has 0 spiro atoms. The molecule has 0 heterocycles. The van der Waals surface area contributed by atoms with Crippen molar-refractivity contribution in [3.63, 3.8) is 0 Å². The molecule has 0 aromatic heterocycles. The van der Waals surface area contributed by atoms with Crippen LogP contribution in [0.4, 0.5) is 0 Å². The number of carbonyl (C=O) groups is 2. The van der Waals surface area contributed by atoms with Gasteiger partial charge in [-0.1, -0.05) is 0 Å². The van der Waals surface area contributed by atoms with Crippen molar-refractivity contribution in [2.75, 3.05) is 0 Å². The average Bonchev–Trinajstić information content (AvgIpc) is 1.68. The van der Waals surface area contributed by atoms with Crippen LogP contribution in [0.3, 0.4) is 0 Å². The minimum absolute atomic E-state index is 0. The van der Waals surface area contributed by atoms with Crippen molar-refractivity contribution in [3.8, 4) is 0 Å². The van der Waals surface area contributed by atoms with Gasteiger partial charge in [0.2, 0.25) is 0 Å². The van der Waals surface area contributed by atoms with E-state index in [-0.39, 0.29) is 42.5 Å². The molecule has 0 aliphatic carbocycles. The quantitative estimate of drug-likeness (QED) is 0.362.